The van der Waals surface area contributed by atoms with Crippen molar-refractivity contribution in [1.82, 2.24) is 4.90 Å². The van der Waals surface area contributed by atoms with Gasteiger partial charge in [0.1, 0.15) is 0 Å². The summed E-state index contributed by atoms with van der Waals surface area (Å²) in [6, 6.07) is 8.03. The number of hydrogen-bond donors (Lipinski definition) is 2. The van der Waals surface area contributed by atoms with Gasteiger partial charge in [-0.2, -0.15) is 0 Å². The van der Waals surface area contributed by atoms with Gasteiger partial charge in [0.2, 0.25) is 5.91 Å². The molecule has 0 heterocycles. The zero-order chi connectivity index (χ0) is 14.8. The molecule has 0 unspecified atom stereocenters. The van der Waals surface area contributed by atoms with Crippen LogP contribution >= 0.6 is 0 Å². The summed E-state index contributed by atoms with van der Waals surface area (Å²) in [5.41, 5.74) is 7.54. The minimum Gasteiger partial charge on any atom is -0.330 e. The summed E-state index contributed by atoms with van der Waals surface area (Å²) in [6.07, 6.45) is 2.28. The van der Waals surface area contributed by atoms with Crippen LogP contribution in [0.25, 0.3) is 0 Å². The lowest BCUT2D eigenvalue weighted by molar-refractivity contribution is -0.116. The third kappa shape index (κ3) is 5.72. The van der Waals surface area contributed by atoms with Crippen molar-refractivity contribution < 1.29 is 4.79 Å². The molecule has 0 aromatic heterocycles. The Labute approximate surface area is 122 Å². The number of para-hydroxylation sites is 1. The second kappa shape index (κ2) is 9.50. The van der Waals surface area contributed by atoms with Crippen molar-refractivity contribution in [2.45, 2.75) is 39.7 Å². The SMILES string of the molecule is CCN(CC)Cc1ccccc1NC(=O)CCCCN. The lowest BCUT2D eigenvalue weighted by Gasteiger charge is -2.20. The molecule has 1 aromatic carbocycles. The first-order chi connectivity index (χ1) is 9.71. The Hall–Kier alpha value is -1.39. The quantitative estimate of drug-likeness (QED) is 0.682. The molecule has 0 saturated carbocycles. The minimum atomic E-state index is 0.0745. The number of amides is 1. The number of carbonyl (C=O) groups excluding carboxylic acids is 1. The first-order valence-electron chi connectivity index (χ1n) is 7.51. The fourth-order valence-corrected chi connectivity index (χ4v) is 2.11. The van der Waals surface area contributed by atoms with E-state index >= 15 is 0 Å². The number of anilines is 1. The highest BCUT2D eigenvalue weighted by Gasteiger charge is 2.08. The van der Waals surface area contributed by atoms with Crippen LogP contribution < -0.4 is 11.1 Å². The van der Waals surface area contributed by atoms with Crippen molar-refractivity contribution >= 4 is 11.6 Å². The van der Waals surface area contributed by atoms with Gasteiger partial charge in [-0.15, -0.1) is 0 Å². The molecule has 3 N–H and O–H groups in total. The topological polar surface area (TPSA) is 58.4 Å². The molecule has 1 rings (SSSR count). The molecule has 4 heteroatoms. The van der Waals surface area contributed by atoms with Gasteiger partial charge >= 0.3 is 0 Å². The van der Waals surface area contributed by atoms with Gasteiger partial charge < -0.3 is 11.1 Å². The summed E-state index contributed by atoms with van der Waals surface area (Å²) in [5, 5.41) is 3.02. The first kappa shape index (κ1) is 16.7. The van der Waals surface area contributed by atoms with Crippen molar-refractivity contribution in [3.05, 3.63) is 29.8 Å². The Balaban J connectivity index is 2.62. The van der Waals surface area contributed by atoms with E-state index in [1.54, 1.807) is 0 Å². The van der Waals surface area contributed by atoms with Gasteiger partial charge in [0.05, 0.1) is 0 Å². The molecule has 0 atom stereocenters. The molecule has 20 heavy (non-hydrogen) atoms. The summed E-state index contributed by atoms with van der Waals surface area (Å²) < 4.78 is 0. The lowest BCUT2D eigenvalue weighted by Crippen LogP contribution is -2.23. The molecule has 0 aliphatic carbocycles. The van der Waals surface area contributed by atoms with E-state index in [0.29, 0.717) is 13.0 Å². The van der Waals surface area contributed by atoms with Crippen LogP contribution in [-0.4, -0.2) is 30.4 Å². The summed E-state index contributed by atoms with van der Waals surface area (Å²) in [7, 11) is 0. The van der Waals surface area contributed by atoms with E-state index in [4.69, 9.17) is 5.73 Å². The van der Waals surface area contributed by atoms with Crippen LogP contribution in [0.2, 0.25) is 0 Å². The maximum absolute atomic E-state index is 11.9. The van der Waals surface area contributed by atoms with Crippen molar-refractivity contribution in [1.29, 1.82) is 0 Å². The molecule has 0 aliphatic rings. The zero-order valence-electron chi connectivity index (χ0n) is 12.7. The number of rotatable bonds is 9. The van der Waals surface area contributed by atoms with Gasteiger partial charge in [0, 0.05) is 18.7 Å². The molecule has 0 bridgehead atoms. The maximum atomic E-state index is 11.9. The molecular weight excluding hydrogens is 250 g/mol. The number of nitrogens with zero attached hydrogens (tertiary/aromatic N) is 1. The van der Waals surface area contributed by atoms with E-state index in [1.807, 2.05) is 18.2 Å². The highest BCUT2D eigenvalue weighted by Crippen LogP contribution is 2.17. The van der Waals surface area contributed by atoms with Crippen LogP contribution in [0.5, 0.6) is 0 Å². The molecular formula is C16H27N3O. The molecule has 0 aliphatic heterocycles. The summed E-state index contributed by atoms with van der Waals surface area (Å²) in [4.78, 5) is 14.2. The number of hydrogen-bond acceptors (Lipinski definition) is 3. The zero-order valence-corrected chi connectivity index (χ0v) is 12.7. The Morgan fingerprint density at radius 1 is 1.20 bits per heavy atom. The summed E-state index contributed by atoms with van der Waals surface area (Å²) >= 11 is 0. The van der Waals surface area contributed by atoms with Crippen LogP contribution in [0.4, 0.5) is 5.69 Å². The fraction of sp³-hybridized carbons (Fsp3) is 0.562. The number of carbonyl (C=O) groups is 1. The Morgan fingerprint density at radius 2 is 1.90 bits per heavy atom. The molecule has 1 aromatic rings. The second-order valence-corrected chi connectivity index (χ2v) is 4.91. The summed E-state index contributed by atoms with van der Waals surface area (Å²) in [5.74, 6) is 0.0745. The molecule has 0 fully saturated rings. The molecule has 4 nitrogen and oxygen atoms in total. The van der Waals surface area contributed by atoms with Crippen LogP contribution in [0.3, 0.4) is 0 Å². The van der Waals surface area contributed by atoms with Crippen molar-refractivity contribution in [3.63, 3.8) is 0 Å². The van der Waals surface area contributed by atoms with Gasteiger partial charge in [0.15, 0.2) is 0 Å². The molecule has 0 spiro atoms. The molecule has 112 valence electrons. The smallest absolute Gasteiger partial charge is 0.224 e. The van der Waals surface area contributed by atoms with Gasteiger partial charge in [0.25, 0.3) is 0 Å². The predicted octanol–water partition coefficient (Wildman–Crippen LogP) is 2.60. The van der Waals surface area contributed by atoms with Crippen molar-refractivity contribution in [2.24, 2.45) is 5.73 Å². The van der Waals surface area contributed by atoms with Gasteiger partial charge in [-0.25, -0.2) is 0 Å². The molecule has 0 saturated heterocycles. The van der Waals surface area contributed by atoms with Gasteiger partial charge in [-0.1, -0.05) is 32.0 Å². The Bertz CT molecular complexity index is 402. The normalized spacial score (nSPS) is 10.8. The summed E-state index contributed by atoms with van der Waals surface area (Å²) in [6.45, 7) is 7.83. The fourth-order valence-electron chi connectivity index (χ4n) is 2.11. The maximum Gasteiger partial charge on any atom is 0.224 e. The standard InChI is InChI=1S/C16H27N3O/c1-3-19(4-2)13-14-9-5-6-10-15(14)18-16(20)11-7-8-12-17/h5-6,9-10H,3-4,7-8,11-13,17H2,1-2H3,(H,18,20). The van der Waals surface area contributed by atoms with E-state index in [1.165, 1.54) is 5.56 Å². The van der Waals surface area contributed by atoms with Gasteiger partial charge in [-0.05, 0) is 44.1 Å². The average Bonchev–Trinajstić information content (AvgIpc) is 2.46. The number of unbranched alkanes of at least 4 members (excludes halogenated alkanes) is 1. The average molecular weight is 277 g/mol. The lowest BCUT2D eigenvalue weighted by atomic mass is 10.1. The predicted molar refractivity (Wildman–Crippen MR) is 84.6 cm³/mol. The highest BCUT2D eigenvalue weighted by atomic mass is 16.1. The van der Waals surface area contributed by atoms with E-state index in [-0.39, 0.29) is 5.91 Å². The van der Waals surface area contributed by atoms with E-state index in [9.17, 15) is 4.79 Å². The largest absolute Gasteiger partial charge is 0.330 e. The van der Waals surface area contributed by atoms with Crippen molar-refractivity contribution in [2.75, 3.05) is 25.0 Å². The van der Waals surface area contributed by atoms with Crippen LogP contribution in [0.15, 0.2) is 24.3 Å². The van der Waals surface area contributed by atoms with Crippen LogP contribution in [-0.2, 0) is 11.3 Å². The van der Waals surface area contributed by atoms with E-state index in [2.05, 4.69) is 30.1 Å². The first-order valence-corrected chi connectivity index (χ1v) is 7.51. The number of benzene rings is 1. The minimum absolute atomic E-state index is 0.0745. The number of nitrogens with two attached hydrogens (primary N) is 1. The Kier molecular flexibility index (Phi) is 7.92. The third-order valence-corrected chi connectivity index (χ3v) is 3.44. The Morgan fingerprint density at radius 3 is 2.55 bits per heavy atom. The molecule has 1 amide bonds. The molecule has 0 radical (unpaired) electrons. The third-order valence-electron chi connectivity index (χ3n) is 3.44. The van der Waals surface area contributed by atoms with E-state index in [0.717, 1.165) is 38.2 Å². The van der Waals surface area contributed by atoms with Gasteiger partial charge in [-0.3, -0.25) is 9.69 Å². The highest BCUT2D eigenvalue weighted by molar-refractivity contribution is 5.91. The van der Waals surface area contributed by atoms with Crippen LogP contribution in [0.1, 0.15) is 38.7 Å². The van der Waals surface area contributed by atoms with E-state index < -0.39 is 0 Å². The van der Waals surface area contributed by atoms with Crippen molar-refractivity contribution in [3.8, 4) is 0 Å². The second-order valence-electron chi connectivity index (χ2n) is 4.91. The number of nitrogens with one attached hydrogen (secondary N) is 1. The monoisotopic (exact) mass is 277 g/mol. The van der Waals surface area contributed by atoms with Crippen LogP contribution in [0, 0.1) is 0 Å².